The first kappa shape index (κ1) is 16.6. The molecular formula is C13H17N3O5. The molecule has 0 radical (unpaired) electrons. The van der Waals surface area contributed by atoms with Crippen LogP contribution < -0.4 is 10.6 Å². The zero-order valence-electron chi connectivity index (χ0n) is 11.6. The van der Waals surface area contributed by atoms with Crippen LogP contribution in [0.1, 0.15) is 27.3 Å². The number of rotatable bonds is 8. The van der Waals surface area contributed by atoms with Crippen LogP contribution in [0.3, 0.4) is 0 Å². The van der Waals surface area contributed by atoms with E-state index in [0.717, 1.165) is 0 Å². The molecule has 0 saturated carbocycles. The number of pyridine rings is 1. The van der Waals surface area contributed by atoms with Gasteiger partial charge in [-0.05, 0) is 12.1 Å². The van der Waals surface area contributed by atoms with Crippen molar-refractivity contribution in [2.75, 3.05) is 26.8 Å². The van der Waals surface area contributed by atoms with Crippen LogP contribution in [-0.2, 0) is 9.53 Å². The van der Waals surface area contributed by atoms with Gasteiger partial charge >= 0.3 is 5.97 Å². The molecule has 0 aliphatic carbocycles. The summed E-state index contributed by atoms with van der Waals surface area (Å²) < 4.78 is 4.78. The second-order valence-corrected chi connectivity index (χ2v) is 4.05. The molecule has 1 rings (SSSR count). The van der Waals surface area contributed by atoms with Crippen LogP contribution in [0.25, 0.3) is 0 Å². The fourth-order valence-corrected chi connectivity index (χ4v) is 1.51. The molecule has 21 heavy (non-hydrogen) atoms. The number of hydrogen-bond donors (Lipinski definition) is 3. The Hall–Kier alpha value is -2.48. The number of carboxylic acid groups (broad SMARTS) is 1. The third-order valence-electron chi connectivity index (χ3n) is 2.52. The van der Waals surface area contributed by atoms with Gasteiger partial charge in [0.05, 0.1) is 12.2 Å². The van der Waals surface area contributed by atoms with E-state index in [-0.39, 0.29) is 30.1 Å². The van der Waals surface area contributed by atoms with E-state index in [9.17, 15) is 14.4 Å². The summed E-state index contributed by atoms with van der Waals surface area (Å²) in [5.74, 6) is -2.09. The lowest BCUT2D eigenvalue weighted by Crippen LogP contribution is -2.33. The maximum atomic E-state index is 11.8. The van der Waals surface area contributed by atoms with Gasteiger partial charge in [-0.1, -0.05) is 0 Å². The zero-order chi connectivity index (χ0) is 15.7. The number of ether oxygens (including phenoxy) is 1. The smallest absolute Gasteiger partial charge is 0.338 e. The number of nitrogens with one attached hydrogen (secondary N) is 2. The molecule has 0 aromatic carbocycles. The molecule has 1 heterocycles. The molecule has 0 fully saturated rings. The van der Waals surface area contributed by atoms with Gasteiger partial charge in [0.15, 0.2) is 0 Å². The summed E-state index contributed by atoms with van der Waals surface area (Å²) in [7, 11) is 1.53. The second kappa shape index (κ2) is 8.64. The van der Waals surface area contributed by atoms with Crippen molar-refractivity contribution in [3.05, 3.63) is 29.6 Å². The molecule has 0 spiro atoms. The van der Waals surface area contributed by atoms with Crippen molar-refractivity contribution >= 4 is 17.8 Å². The molecule has 1 aromatic heterocycles. The summed E-state index contributed by atoms with van der Waals surface area (Å²) in [6.07, 6.45) is 1.42. The highest BCUT2D eigenvalue weighted by Crippen LogP contribution is 2.04. The quantitative estimate of drug-likeness (QED) is 0.565. The molecule has 0 atom stereocenters. The van der Waals surface area contributed by atoms with Crippen molar-refractivity contribution in [2.24, 2.45) is 0 Å². The van der Waals surface area contributed by atoms with Crippen molar-refractivity contribution in [2.45, 2.75) is 6.42 Å². The molecule has 0 bridgehead atoms. The van der Waals surface area contributed by atoms with E-state index in [1.54, 1.807) is 0 Å². The molecule has 0 unspecified atom stereocenters. The van der Waals surface area contributed by atoms with Crippen molar-refractivity contribution in [3.8, 4) is 0 Å². The van der Waals surface area contributed by atoms with E-state index in [0.29, 0.717) is 13.2 Å². The average molecular weight is 295 g/mol. The Morgan fingerprint density at radius 2 is 2.05 bits per heavy atom. The molecule has 0 aliphatic rings. The Morgan fingerprint density at radius 1 is 1.29 bits per heavy atom. The molecule has 8 heteroatoms. The Kier molecular flexibility index (Phi) is 6.82. The lowest BCUT2D eigenvalue weighted by molar-refractivity contribution is -0.121. The number of nitrogens with zero attached hydrogens (tertiary/aromatic N) is 1. The maximum Gasteiger partial charge on any atom is 0.338 e. The van der Waals surface area contributed by atoms with E-state index in [4.69, 9.17) is 9.84 Å². The molecule has 1 aromatic rings. The van der Waals surface area contributed by atoms with Crippen molar-refractivity contribution in [1.29, 1.82) is 0 Å². The minimum Gasteiger partial charge on any atom is -0.478 e. The lowest BCUT2D eigenvalue weighted by Gasteiger charge is -2.07. The average Bonchev–Trinajstić information content (AvgIpc) is 2.47. The molecule has 0 saturated heterocycles. The number of carboxylic acids is 1. The highest BCUT2D eigenvalue weighted by Gasteiger charge is 2.17. The number of carbonyl (C=O) groups excluding carboxylic acids is 2. The van der Waals surface area contributed by atoms with Crippen LogP contribution in [-0.4, -0.2) is 54.7 Å². The molecule has 2 amide bonds. The zero-order valence-corrected chi connectivity index (χ0v) is 11.6. The van der Waals surface area contributed by atoms with Gasteiger partial charge in [0.2, 0.25) is 5.91 Å². The summed E-state index contributed by atoms with van der Waals surface area (Å²) in [6.45, 7) is 0.897. The monoisotopic (exact) mass is 295 g/mol. The largest absolute Gasteiger partial charge is 0.478 e. The highest BCUT2D eigenvalue weighted by molar-refractivity contribution is 6.03. The van der Waals surface area contributed by atoms with E-state index in [2.05, 4.69) is 15.6 Å². The number of aromatic nitrogens is 1. The van der Waals surface area contributed by atoms with E-state index >= 15 is 0 Å². The Labute approximate surface area is 121 Å². The number of aromatic carboxylic acids is 1. The van der Waals surface area contributed by atoms with Gasteiger partial charge in [-0.25, -0.2) is 4.79 Å². The first-order valence-electron chi connectivity index (χ1n) is 6.28. The SMILES string of the molecule is COCCNC(=O)CCNC(=O)c1ncccc1C(=O)O. The van der Waals surface area contributed by atoms with Crippen molar-refractivity contribution < 1.29 is 24.2 Å². The maximum absolute atomic E-state index is 11.8. The van der Waals surface area contributed by atoms with Crippen LogP contribution in [0.2, 0.25) is 0 Å². The van der Waals surface area contributed by atoms with Gasteiger partial charge in [-0.2, -0.15) is 0 Å². The molecule has 3 N–H and O–H groups in total. The summed E-state index contributed by atoms with van der Waals surface area (Å²) in [4.78, 5) is 37.9. The van der Waals surface area contributed by atoms with Crippen LogP contribution in [0.5, 0.6) is 0 Å². The molecular weight excluding hydrogens is 278 g/mol. The predicted molar refractivity (Wildman–Crippen MR) is 73.0 cm³/mol. The van der Waals surface area contributed by atoms with Crippen molar-refractivity contribution in [1.82, 2.24) is 15.6 Å². The summed E-state index contributed by atoms with van der Waals surface area (Å²) in [5, 5.41) is 14.0. The Morgan fingerprint density at radius 3 is 2.71 bits per heavy atom. The Bertz CT molecular complexity index is 518. The lowest BCUT2D eigenvalue weighted by atomic mass is 10.2. The van der Waals surface area contributed by atoms with Crippen LogP contribution in [0.15, 0.2) is 18.3 Å². The number of amides is 2. The number of carbonyl (C=O) groups is 3. The van der Waals surface area contributed by atoms with Crippen molar-refractivity contribution in [3.63, 3.8) is 0 Å². The number of hydrogen-bond acceptors (Lipinski definition) is 5. The van der Waals surface area contributed by atoms with Gasteiger partial charge in [-0.3, -0.25) is 14.6 Å². The number of methoxy groups -OCH3 is 1. The Balaban J connectivity index is 2.44. The molecule has 114 valence electrons. The van der Waals surface area contributed by atoms with E-state index in [1.807, 2.05) is 0 Å². The third kappa shape index (κ3) is 5.57. The summed E-state index contributed by atoms with van der Waals surface area (Å²) in [5.41, 5.74) is -0.357. The van der Waals surface area contributed by atoms with Gasteiger partial charge < -0.3 is 20.5 Å². The topological polar surface area (TPSA) is 118 Å². The minimum atomic E-state index is -1.23. The van der Waals surface area contributed by atoms with Gasteiger partial charge in [-0.15, -0.1) is 0 Å². The van der Waals surface area contributed by atoms with Crippen LogP contribution in [0.4, 0.5) is 0 Å². The van der Waals surface area contributed by atoms with E-state index in [1.165, 1.54) is 25.4 Å². The fraction of sp³-hybridized carbons (Fsp3) is 0.385. The normalized spacial score (nSPS) is 9.95. The summed E-state index contributed by atoms with van der Waals surface area (Å²) >= 11 is 0. The first-order chi connectivity index (χ1) is 10.1. The van der Waals surface area contributed by atoms with Gasteiger partial charge in [0.25, 0.3) is 5.91 Å². The fourth-order valence-electron chi connectivity index (χ4n) is 1.51. The van der Waals surface area contributed by atoms with Crippen LogP contribution >= 0.6 is 0 Å². The minimum absolute atomic E-state index is 0.0880. The standard InChI is InChI=1S/C13H17N3O5/c1-21-8-7-14-10(17)4-6-16-12(18)11-9(13(19)20)3-2-5-15-11/h2-3,5H,4,6-8H2,1H3,(H,14,17)(H,16,18)(H,19,20). The molecule has 8 nitrogen and oxygen atoms in total. The summed E-state index contributed by atoms with van der Waals surface area (Å²) in [6, 6.07) is 2.73. The predicted octanol–water partition coefficient (Wildman–Crippen LogP) is -0.338. The molecule has 0 aliphatic heterocycles. The van der Waals surface area contributed by atoms with Crippen LogP contribution in [0, 0.1) is 0 Å². The van der Waals surface area contributed by atoms with Gasteiger partial charge in [0, 0.05) is 32.8 Å². The third-order valence-corrected chi connectivity index (χ3v) is 2.52. The first-order valence-corrected chi connectivity index (χ1v) is 6.28. The second-order valence-electron chi connectivity index (χ2n) is 4.05. The van der Waals surface area contributed by atoms with E-state index < -0.39 is 11.9 Å². The highest BCUT2D eigenvalue weighted by atomic mass is 16.5. The van der Waals surface area contributed by atoms with Gasteiger partial charge in [0.1, 0.15) is 5.69 Å².